The van der Waals surface area contributed by atoms with Gasteiger partial charge in [-0.2, -0.15) is 13.2 Å². The van der Waals surface area contributed by atoms with Crippen LogP contribution in [0.2, 0.25) is 0 Å². The number of alkyl halides is 3. The fraction of sp³-hybridized carbons (Fsp3) is 0.357. The SMILES string of the molecule is Cc1ccc(C#CCO)c(C(=O)N(C)CC(F)(F)F)c1. The van der Waals surface area contributed by atoms with Crippen LogP contribution in [0.3, 0.4) is 0 Å². The second-order valence-electron chi connectivity index (χ2n) is 4.29. The highest BCUT2D eigenvalue weighted by Crippen LogP contribution is 2.19. The number of aliphatic hydroxyl groups is 1. The lowest BCUT2D eigenvalue weighted by Gasteiger charge is -2.19. The van der Waals surface area contributed by atoms with Crippen molar-refractivity contribution in [2.75, 3.05) is 20.2 Å². The molecule has 0 spiro atoms. The van der Waals surface area contributed by atoms with Crippen LogP contribution in [0.5, 0.6) is 0 Å². The van der Waals surface area contributed by atoms with Crippen molar-refractivity contribution in [3.05, 3.63) is 34.9 Å². The first-order valence-corrected chi connectivity index (χ1v) is 5.77. The molecular formula is C14H14F3NO2. The van der Waals surface area contributed by atoms with Gasteiger partial charge in [0.1, 0.15) is 13.2 Å². The van der Waals surface area contributed by atoms with Gasteiger partial charge < -0.3 is 10.0 Å². The zero-order chi connectivity index (χ0) is 15.3. The number of amides is 1. The third-order valence-electron chi connectivity index (χ3n) is 2.47. The summed E-state index contributed by atoms with van der Waals surface area (Å²) in [5.41, 5.74) is 1.13. The van der Waals surface area contributed by atoms with Crippen LogP contribution in [0, 0.1) is 18.8 Å². The van der Waals surface area contributed by atoms with E-state index in [1.807, 2.05) is 0 Å². The van der Waals surface area contributed by atoms with Gasteiger partial charge in [-0.15, -0.1) is 0 Å². The van der Waals surface area contributed by atoms with E-state index < -0.39 is 18.6 Å². The number of hydrogen-bond acceptors (Lipinski definition) is 2. The van der Waals surface area contributed by atoms with Gasteiger partial charge in [0.2, 0.25) is 0 Å². The molecule has 0 aliphatic rings. The van der Waals surface area contributed by atoms with E-state index in [-0.39, 0.29) is 12.2 Å². The summed E-state index contributed by atoms with van der Waals surface area (Å²) in [4.78, 5) is 12.7. The van der Waals surface area contributed by atoms with E-state index in [0.29, 0.717) is 10.5 Å². The minimum absolute atomic E-state index is 0.0951. The van der Waals surface area contributed by atoms with Gasteiger partial charge >= 0.3 is 6.18 Å². The maximum absolute atomic E-state index is 12.3. The Kier molecular flexibility index (Phi) is 5.17. The summed E-state index contributed by atoms with van der Waals surface area (Å²) < 4.78 is 36.9. The van der Waals surface area contributed by atoms with Gasteiger partial charge in [-0.1, -0.05) is 23.5 Å². The molecule has 0 heterocycles. The molecule has 3 nitrogen and oxygen atoms in total. The van der Waals surface area contributed by atoms with E-state index in [0.717, 1.165) is 12.6 Å². The van der Waals surface area contributed by atoms with Crippen LogP contribution in [-0.4, -0.2) is 42.3 Å². The topological polar surface area (TPSA) is 40.5 Å². The number of carbonyl (C=O) groups excluding carboxylic acids is 1. The molecule has 1 aromatic rings. The van der Waals surface area contributed by atoms with Crippen LogP contribution < -0.4 is 0 Å². The van der Waals surface area contributed by atoms with Gasteiger partial charge in [0.15, 0.2) is 0 Å². The fourth-order valence-electron chi connectivity index (χ4n) is 1.63. The van der Waals surface area contributed by atoms with Gasteiger partial charge in [-0.05, 0) is 19.1 Å². The molecule has 1 aromatic carbocycles. The van der Waals surface area contributed by atoms with Crippen molar-refractivity contribution < 1.29 is 23.1 Å². The lowest BCUT2D eigenvalue weighted by Crippen LogP contribution is -2.36. The Bertz CT molecular complexity index is 556. The number of benzene rings is 1. The molecule has 0 saturated carbocycles. The molecule has 6 heteroatoms. The average molecular weight is 285 g/mol. The van der Waals surface area contributed by atoms with Crippen molar-refractivity contribution in [1.82, 2.24) is 4.90 Å². The van der Waals surface area contributed by atoms with Crippen LogP contribution in [0.25, 0.3) is 0 Å². The minimum Gasteiger partial charge on any atom is -0.384 e. The van der Waals surface area contributed by atoms with Crippen LogP contribution in [0.15, 0.2) is 18.2 Å². The van der Waals surface area contributed by atoms with E-state index in [1.54, 1.807) is 19.1 Å². The fourth-order valence-corrected chi connectivity index (χ4v) is 1.63. The highest BCUT2D eigenvalue weighted by molar-refractivity contribution is 5.96. The first kappa shape index (κ1) is 16.1. The molecule has 0 radical (unpaired) electrons. The Balaban J connectivity index is 3.11. The third-order valence-corrected chi connectivity index (χ3v) is 2.47. The minimum atomic E-state index is -4.45. The molecule has 108 valence electrons. The zero-order valence-corrected chi connectivity index (χ0v) is 11.1. The molecule has 20 heavy (non-hydrogen) atoms. The quantitative estimate of drug-likeness (QED) is 0.844. The Hall–Kier alpha value is -2.00. The molecule has 0 bridgehead atoms. The van der Waals surface area contributed by atoms with E-state index in [1.165, 1.54) is 6.07 Å². The molecule has 0 unspecified atom stereocenters. The standard InChI is InChI=1S/C14H14F3NO2/c1-10-5-6-11(4-3-7-19)12(8-10)13(20)18(2)9-14(15,16)17/h5-6,8,19H,7,9H2,1-2H3. The smallest absolute Gasteiger partial charge is 0.384 e. The molecule has 1 amide bonds. The van der Waals surface area contributed by atoms with E-state index in [4.69, 9.17) is 5.11 Å². The molecule has 0 atom stereocenters. The summed E-state index contributed by atoms with van der Waals surface area (Å²) in [5, 5.41) is 8.66. The second-order valence-corrected chi connectivity index (χ2v) is 4.29. The molecular weight excluding hydrogens is 271 g/mol. The third kappa shape index (κ3) is 4.59. The summed E-state index contributed by atoms with van der Waals surface area (Å²) in [6, 6.07) is 4.73. The Morgan fingerprint density at radius 3 is 2.60 bits per heavy atom. The predicted molar refractivity (Wildman–Crippen MR) is 68.2 cm³/mol. The number of rotatable bonds is 2. The Labute approximate surface area is 115 Å². The first-order chi connectivity index (χ1) is 9.24. The second kappa shape index (κ2) is 6.44. The summed E-state index contributed by atoms with van der Waals surface area (Å²) in [6.07, 6.45) is -4.45. The van der Waals surface area contributed by atoms with E-state index >= 15 is 0 Å². The maximum atomic E-state index is 12.3. The lowest BCUT2D eigenvalue weighted by molar-refractivity contribution is -0.138. The van der Waals surface area contributed by atoms with Crippen LogP contribution >= 0.6 is 0 Å². The van der Waals surface area contributed by atoms with Crippen molar-refractivity contribution in [3.8, 4) is 11.8 Å². The number of aliphatic hydroxyl groups excluding tert-OH is 1. The Morgan fingerprint density at radius 2 is 2.05 bits per heavy atom. The molecule has 0 aromatic heterocycles. The van der Waals surface area contributed by atoms with Gasteiger partial charge in [-0.3, -0.25) is 4.79 Å². The summed E-state index contributed by atoms with van der Waals surface area (Å²) in [7, 11) is 1.08. The summed E-state index contributed by atoms with van der Waals surface area (Å²) >= 11 is 0. The van der Waals surface area contributed by atoms with Crippen molar-refractivity contribution in [1.29, 1.82) is 0 Å². The molecule has 0 saturated heterocycles. The molecule has 0 fully saturated rings. The predicted octanol–water partition coefficient (Wildman–Crippen LogP) is 1.97. The lowest BCUT2D eigenvalue weighted by atomic mass is 10.0. The Morgan fingerprint density at radius 1 is 1.40 bits per heavy atom. The summed E-state index contributed by atoms with van der Waals surface area (Å²) in [6.45, 7) is 0.0102. The largest absolute Gasteiger partial charge is 0.406 e. The van der Waals surface area contributed by atoms with Crippen LogP contribution in [-0.2, 0) is 0 Å². The number of hydrogen-bond donors (Lipinski definition) is 1. The molecule has 0 aliphatic carbocycles. The number of carbonyl (C=O) groups is 1. The van der Waals surface area contributed by atoms with Crippen molar-refractivity contribution in [2.45, 2.75) is 13.1 Å². The van der Waals surface area contributed by atoms with Crippen LogP contribution in [0.4, 0.5) is 13.2 Å². The molecule has 0 aliphatic heterocycles. The zero-order valence-electron chi connectivity index (χ0n) is 11.1. The number of halogens is 3. The number of aryl methyl sites for hydroxylation is 1. The highest BCUT2D eigenvalue weighted by atomic mass is 19.4. The van der Waals surface area contributed by atoms with E-state index in [2.05, 4.69) is 11.8 Å². The van der Waals surface area contributed by atoms with Gasteiger partial charge in [-0.25, -0.2) is 0 Å². The average Bonchev–Trinajstić information content (AvgIpc) is 2.34. The van der Waals surface area contributed by atoms with Crippen molar-refractivity contribution in [3.63, 3.8) is 0 Å². The van der Waals surface area contributed by atoms with Gasteiger partial charge in [0, 0.05) is 12.6 Å². The molecule has 1 N–H and O–H groups in total. The maximum Gasteiger partial charge on any atom is 0.406 e. The number of nitrogens with zero attached hydrogens (tertiary/aromatic N) is 1. The summed E-state index contributed by atoms with van der Waals surface area (Å²) in [5.74, 6) is 4.18. The monoisotopic (exact) mass is 285 g/mol. The highest BCUT2D eigenvalue weighted by Gasteiger charge is 2.31. The first-order valence-electron chi connectivity index (χ1n) is 5.77. The van der Waals surface area contributed by atoms with Crippen molar-refractivity contribution in [2.24, 2.45) is 0 Å². The van der Waals surface area contributed by atoms with Crippen LogP contribution in [0.1, 0.15) is 21.5 Å². The van der Waals surface area contributed by atoms with Crippen molar-refractivity contribution >= 4 is 5.91 Å². The molecule has 1 rings (SSSR count). The normalized spacial score (nSPS) is 10.7. The van der Waals surface area contributed by atoms with Gasteiger partial charge in [0.25, 0.3) is 5.91 Å². The van der Waals surface area contributed by atoms with E-state index in [9.17, 15) is 18.0 Å². The van der Waals surface area contributed by atoms with Gasteiger partial charge in [0.05, 0.1) is 5.56 Å².